The smallest absolute Gasteiger partial charge is 0.228 e. The summed E-state index contributed by atoms with van der Waals surface area (Å²) < 4.78 is 5.36. The first-order chi connectivity index (χ1) is 10.6. The maximum absolute atomic E-state index is 12.8. The molecule has 0 bridgehead atoms. The first-order valence-corrected chi connectivity index (χ1v) is 8.38. The molecule has 1 heterocycles. The van der Waals surface area contributed by atoms with E-state index in [1.165, 1.54) is 0 Å². The largest absolute Gasteiger partial charge is 0.381 e. The fourth-order valence-corrected chi connectivity index (χ4v) is 3.82. The second-order valence-electron chi connectivity index (χ2n) is 6.09. The molecule has 1 aromatic carbocycles. The molecule has 3 N–H and O–H groups in total. The third-order valence-electron chi connectivity index (χ3n) is 4.92. The molecule has 1 fully saturated rings. The summed E-state index contributed by atoms with van der Waals surface area (Å²) in [7, 11) is 0. The van der Waals surface area contributed by atoms with E-state index >= 15 is 0 Å². The predicted molar refractivity (Wildman–Crippen MR) is 94.5 cm³/mol. The number of halogens is 3. The van der Waals surface area contributed by atoms with Gasteiger partial charge < -0.3 is 15.8 Å². The molecule has 0 spiro atoms. The van der Waals surface area contributed by atoms with Gasteiger partial charge in [0.05, 0.1) is 21.5 Å². The first kappa shape index (κ1) is 18.8. The number of fused-ring (bicyclic) bond motifs is 1. The maximum atomic E-state index is 12.8. The number of hydrogen-bond donors (Lipinski definition) is 2. The molecule has 128 valence electrons. The lowest BCUT2D eigenvalue weighted by atomic mass is 9.79. The van der Waals surface area contributed by atoms with Gasteiger partial charge in [-0.05, 0) is 42.9 Å². The second kappa shape index (κ2) is 7.58. The number of carbonyl (C=O) groups excluding carboxylic acids is 1. The predicted octanol–water partition coefficient (Wildman–Crippen LogP) is 3.27. The quantitative estimate of drug-likeness (QED) is 0.847. The Bertz CT molecular complexity index is 589. The molecule has 1 aliphatic heterocycles. The Morgan fingerprint density at radius 3 is 2.70 bits per heavy atom. The summed E-state index contributed by atoms with van der Waals surface area (Å²) in [6.07, 6.45) is 3.03. The minimum Gasteiger partial charge on any atom is -0.381 e. The van der Waals surface area contributed by atoms with Crippen molar-refractivity contribution >= 4 is 41.5 Å². The standard InChI is InChI=1S/C16H20Cl2N2O2.ClH/c17-12-3-1-10-11(14(12)18)2-4-13(10)20-15(21)16(9-19)5-7-22-8-6-16;/h1,3,13H,2,4-9,19H2,(H,20,21);1H. The summed E-state index contributed by atoms with van der Waals surface area (Å²) in [6, 6.07) is 3.74. The van der Waals surface area contributed by atoms with Gasteiger partial charge in [-0.2, -0.15) is 0 Å². The molecule has 0 aromatic heterocycles. The molecule has 1 aromatic rings. The van der Waals surface area contributed by atoms with Crippen LogP contribution < -0.4 is 11.1 Å². The van der Waals surface area contributed by atoms with Gasteiger partial charge in [-0.15, -0.1) is 12.4 Å². The molecular weight excluding hydrogens is 359 g/mol. The third kappa shape index (κ3) is 3.47. The van der Waals surface area contributed by atoms with Crippen LogP contribution in [0.15, 0.2) is 12.1 Å². The van der Waals surface area contributed by atoms with Gasteiger partial charge >= 0.3 is 0 Å². The van der Waals surface area contributed by atoms with Gasteiger partial charge in [0.2, 0.25) is 5.91 Å². The third-order valence-corrected chi connectivity index (χ3v) is 5.76. The first-order valence-electron chi connectivity index (χ1n) is 7.63. The molecule has 1 saturated heterocycles. The molecule has 23 heavy (non-hydrogen) atoms. The van der Waals surface area contributed by atoms with E-state index in [1.807, 2.05) is 6.07 Å². The average molecular weight is 380 g/mol. The number of nitrogens with one attached hydrogen (secondary N) is 1. The molecule has 1 unspecified atom stereocenters. The topological polar surface area (TPSA) is 64.4 Å². The number of rotatable bonds is 3. The van der Waals surface area contributed by atoms with E-state index < -0.39 is 5.41 Å². The van der Waals surface area contributed by atoms with Crippen molar-refractivity contribution in [3.8, 4) is 0 Å². The number of amides is 1. The van der Waals surface area contributed by atoms with E-state index in [1.54, 1.807) is 6.07 Å². The molecule has 3 rings (SSSR count). The minimum absolute atomic E-state index is 0. The van der Waals surface area contributed by atoms with Gasteiger partial charge in [0, 0.05) is 19.8 Å². The highest BCUT2D eigenvalue weighted by molar-refractivity contribution is 6.42. The molecule has 2 aliphatic rings. The van der Waals surface area contributed by atoms with Crippen LogP contribution in [0.1, 0.15) is 36.4 Å². The zero-order valence-electron chi connectivity index (χ0n) is 12.7. The lowest BCUT2D eigenvalue weighted by Gasteiger charge is -2.35. The van der Waals surface area contributed by atoms with Crippen LogP contribution in [0.3, 0.4) is 0 Å². The Hall–Kier alpha value is -0.520. The van der Waals surface area contributed by atoms with Gasteiger partial charge in [0.1, 0.15) is 0 Å². The Balaban J connectivity index is 0.00000192. The van der Waals surface area contributed by atoms with Gasteiger partial charge in [0.15, 0.2) is 0 Å². The van der Waals surface area contributed by atoms with Crippen LogP contribution in [-0.2, 0) is 16.0 Å². The molecule has 1 amide bonds. The average Bonchev–Trinajstić information content (AvgIpc) is 2.95. The lowest BCUT2D eigenvalue weighted by molar-refractivity contribution is -0.136. The second-order valence-corrected chi connectivity index (χ2v) is 6.88. The highest BCUT2D eigenvalue weighted by Gasteiger charge is 2.40. The Labute approximate surface area is 152 Å². The molecule has 1 atom stereocenters. The van der Waals surface area contributed by atoms with Crippen molar-refractivity contribution in [2.45, 2.75) is 31.7 Å². The van der Waals surface area contributed by atoms with Crippen molar-refractivity contribution < 1.29 is 9.53 Å². The van der Waals surface area contributed by atoms with Crippen molar-refractivity contribution in [1.29, 1.82) is 0 Å². The van der Waals surface area contributed by atoms with E-state index in [0.717, 1.165) is 24.0 Å². The SMILES string of the molecule is Cl.NCC1(C(=O)NC2CCc3c2ccc(Cl)c3Cl)CCOCC1. The van der Waals surface area contributed by atoms with Crippen LogP contribution in [0.25, 0.3) is 0 Å². The zero-order chi connectivity index (χ0) is 15.7. The Morgan fingerprint density at radius 1 is 1.35 bits per heavy atom. The van der Waals surface area contributed by atoms with Crippen LogP contribution in [0, 0.1) is 5.41 Å². The summed E-state index contributed by atoms with van der Waals surface area (Å²) in [6.45, 7) is 1.53. The lowest BCUT2D eigenvalue weighted by Crippen LogP contribution is -2.49. The van der Waals surface area contributed by atoms with Crippen molar-refractivity contribution in [3.63, 3.8) is 0 Å². The summed E-state index contributed by atoms with van der Waals surface area (Å²) in [5, 5.41) is 4.34. The maximum Gasteiger partial charge on any atom is 0.228 e. The molecule has 0 radical (unpaired) electrons. The normalized spacial score (nSPS) is 22.1. The number of nitrogens with two attached hydrogens (primary N) is 1. The summed E-state index contributed by atoms with van der Waals surface area (Å²) >= 11 is 12.3. The highest BCUT2D eigenvalue weighted by atomic mass is 35.5. The van der Waals surface area contributed by atoms with Crippen molar-refractivity contribution in [2.75, 3.05) is 19.8 Å². The molecule has 4 nitrogen and oxygen atoms in total. The van der Waals surface area contributed by atoms with Gasteiger partial charge in [0.25, 0.3) is 0 Å². The minimum atomic E-state index is -0.503. The van der Waals surface area contributed by atoms with E-state index in [-0.39, 0.29) is 24.4 Å². The fraction of sp³-hybridized carbons (Fsp3) is 0.562. The highest BCUT2D eigenvalue weighted by Crippen LogP contribution is 2.40. The summed E-state index contributed by atoms with van der Waals surface area (Å²) in [5.41, 5.74) is 7.51. The van der Waals surface area contributed by atoms with E-state index in [4.69, 9.17) is 33.7 Å². The van der Waals surface area contributed by atoms with Gasteiger partial charge in [-0.25, -0.2) is 0 Å². The number of hydrogen-bond acceptors (Lipinski definition) is 3. The number of benzene rings is 1. The Morgan fingerprint density at radius 2 is 2.04 bits per heavy atom. The van der Waals surface area contributed by atoms with E-state index in [2.05, 4.69) is 5.32 Å². The van der Waals surface area contributed by atoms with Gasteiger partial charge in [-0.1, -0.05) is 29.3 Å². The van der Waals surface area contributed by atoms with Crippen molar-refractivity contribution in [3.05, 3.63) is 33.3 Å². The van der Waals surface area contributed by atoms with Crippen LogP contribution in [-0.4, -0.2) is 25.7 Å². The van der Waals surface area contributed by atoms with Crippen LogP contribution >= 0.6 is 35.6 Å². The summed E-state index contributed by atoms with van der Waals surface area (Å²) in [5.74, 6) is 0.0298. The molecular formula is C16H21Cl3N2O2. The number of ether oxygens (including phenoxy) is 1. The number of carbonyl (C=O) groups is 1. The van der Waals surface area contributed by atoms with Crippen molar-refractivity contribution in [2.24, 2.45) is 11.1 Å². The van der Waals surface area contributed by atoms with Crippen molar-refractivity contribution in [1.82, 2.24) is 5.32 Å². The van der Waals surface area contributed by atoms with Crippen LogP contribution in [0.4, 0.5) is 0 Å². The summed E-state index contributed by atoms with van der Waals surface area (Å²) in [4.78, 5) is 12.8. The molecule has 1 aliphatic carbocycles. The molecule has 0 saturated carbocycles. The molecule has 7 heteroatoms. The van der Waals surface area contributed by atoms with E-state index in [0.29, 0.717) is 42.6 Å². The van der Waals surface area contributed by atoms with E-state index in [9.17, 15) is 4.79 Å². The van der Waals surface area contributed by atoms with Crippen LogP contribution in [0.5, 0.6) is 0 Å². The fourth-order valence-electron chi connectivity index (χ4n) is 3.38. The zero-order valence-corrected chi connectivity index (χ0v) is 15.1. The van der Waals surface area contributed by atoms with Gasteiger partial charge in [-0.3, -0.25) is 4.79 Å². The monoisotopic (exact) mass is 378 g/mol. The van der Waals surface area contributed by atoms with Crippen LogP contribution in [0.2, 0.25) is 10.0 Å². The Kier molecular flexibility index (Phi) is 6.20.